The van der Waals surface area contributed by atoms with Crippen LogP contribution < -0.4 is 0 Å². The monoisotopic (exact) mass is 339 g/mol. The molecule has 4 heterocycles. The first-order valence-electron chi connectivity index (χ1n) is 9.29. The summed E-state index contributed by atoms with van der Waals surface area (Å²) in [6.45, 7) is 6.12. The van der Waals surface area contributed by atoms with E-state index in [2.05, 4.69) is 21.9 Å². The molecule has 2 aliphatic rings. The van der Waals surface area contributed by atoms with Crippen LogP contribution >= 0.6 is 0 Å². The van der Waals surface area contributed by atoms with Crippen molar-refractivity contribution in [1.82, 2.24) is 24.6 Å². The van der Waals surface area contributed by atoms with Crippen LogP contribution in [0.15, 0.2) is 30.6 Å². The maximum absolute atomic E-state index is 13.1. The highest BCUT2D eigenvalue weighted by molar-refractivity contribution is 5.95. The molecule has 6 nitrogen and oxygen atoms in total. The maximum atomic E-state index is 13.1. The lowest BCUT2D eigenvalue weighted by molar-refractivity contribution is 0.0779. The Morgan fingerprint density at radius 3 is 2.80 bits per heavy atom. The number of hydrogen-bond donors (Lipinski definition) is 0. The van der Waals surface area contributed by atoms with Crippen LogP contribution in [0.4, 0.5) is 0 Å². The van der Waals surface area contributed by atoms with Gasteiger partial charge in [-0.3, -0.25) is 9.69 Å². The van der Waals surface area contributed by atoms with Gasteiger partial charge in [-0.15, -0.1) is 0 Å². The molecule has 2 aromatic heterocycles. The Bertz CT molecular complexity index is 736. The third kappa shape index (κ3) is 3.06. The maximum Gasteiger partial charge on any atom is 0.257 e. The van der Waals surface area contributed by atoms with Crippen LogP contribution in [0.1, 0.15) is 42.2 Å². The number of rotatable bonds is 4. The predicted octanol–water partition coefficient (Wildman–Crippen LogP) is 2.14. The first-order chi connectivity index (χ1) is 12.3. The summed E-state index contributed by atoms with van der Waals surface area (Å²) in [5.41, 5.74) is 1.66. The minimum absolute atomic E-state index is 0.112. The summed E-state index contributed by atoms with van der Waals surface area (Å²) in [7, 11) is 0. The quantitative estimate of drug-likeness (QED) is 0.856. The first-order valence-corrected chi connectivity index (χ1v) is 9.29. The molecule has 0 bridgehead atoms. The van der Waals surface area contributed by atoms with Gasteiger partial charge in [0.25, 0.3) is 5.91 Å². The van der Waals surface area contributed by atoms with Gasteiger partial charge in [0.15, 0.2) is 5.82 Å². The molecule has 2 fully saturated rings. The molecule has 6 heteroatoms. The molecule has 0 aromatic carbocycles. The Hall–Kier alpha value is -2.21. The van der Waals surface area contributed by atoms with Gasteiger partial charge in [0.1, 0.15) is 0 Å². The van der Waals surface area contributed by atoms with Crippen molar-refractivity contribution in [2.75, 3.05) is 26.2 Å². The largest absolute Gasteiger partial charge is 0.337 e. The number of aromatic nitrogens is 3. The lowest BCUT2D eigenvalue weighted by atomic mass is 10.2. The van der Waals surface area contributed by atoms with Gasteiger partial charge in [0.05, 0.1) is 17.5 Å². The minimum Gasteiger partial charge on any atom is -0.337 e. The molecule has 4 rings (SSSR count). The van der Waals surface area contributed by atoms with Gasteiger partial charge in [-0.1, -0.05) is 13.0 Å². The van der Waals surface area contributed by atoms with Gasteiger partial charge < -0.3 is 4.90 Å². The predicted molar refractivity (Wildman–Crippen MR) is 95.9 cm³/mol. The first kappa shape index (κ1) is 16.3. The number of carbonyl (C=O) groups is 1. The van der Waals surface area contributed by atoms with E-state index in [4.69, 9.17) is 0 Å². The Morgan fingerprint density at radius 2 is 2.08 bits per heavy atom. The zero-order chi connectivity index (χ0) is 17.2. The minimum atomic E-state index is 0.112. The summed E-state index contributed by atoms with van der Waals surface area (Å²) in [6.07, 6.45) is 7.88. The van der Waals surface area contributed by atoms with Crippen LogP contribution in [0.5, 0.6) is 0 Å². The highest BCUT2D eigenvalue weighted by Crippen LogP contribution is 2.23. The van der Waals surface area contributed by atoms with E-state index in [1.165, 1.54) is 25.9 Å². The van der Waals surface area contributed by atoms with E-state index in [-0.39, 0.29) is 5.91 Å². The molecule has 0 spiro atoms. The molecule has 0 saturated carbocycles. The summed E-state index contributed by atoms with van der Waals surface area (Å²) in [6, 6.07) is 6.27. The highest BCUT2D eigenvalue weighted by Gasteiger charge is 2.33. The molecule has 2 saturated heterocycles. The van der Waals surface area contributed by atoms with Crippen molar-refractivity contribution >= 4 is 5.91 Å². The molecule has 1 amide bonds. The lowest BCUT2D eigenvalue weighted by Gasteiger charge is -2.23. The summed E-state index contributed by atoms with van der Waals surface area (Å²) in [4.78, 5) is 22.0. The molecule has 0 N–H and O–H groups in total. The number of pyridine rings is 1. The van der Waals surface area contributed by atoms with Crippen molar-refractivity contribution in [3.63, 3.8) is 0 Å². The van der Waals surface area contributed by atoms with E-state index < -0.39 is 0 Å². The number of hydrogen-bond acceptors (Lipinski definition) is 4. The van der Waals surface area contributed by atoms with Gasteiger partial charge in [-0.2, -0.15) is 5.10 Å². The van der Waals surface area contributed by atoms with Gasteiger partial charge in [-0.25, -0.2) is 9.67 Å². The second-order valence-electron chi connectivity index (χ2n) is 6.89. The molecule has 2 aromatic rings. The molecule has 0 unspecified atom stereocenters. The molecule has 0 aliphatic carbocycles. The SMILES string of the molecule is CCc1c(C(=O)N2CC[C@H](N3CCCC3)C2)cnn1-c1ccccn1. The van der Waals surface area contributed by atoms with E-state index >= 15 is 0 Å². The second-order valence-corrected chi connectivity index (χ2v) is 6.89. The molecular weight excluding hydrogens is 314 g/mol. The molecule has 2 aliphatic heterocycles. The second kappa shape index (κ2) is 6.96. The Kier molecular flexibility index (Phi) is 4.53. The number of likely N-dealkylation sites (tertiary alicyclic amines) is 2. The lowest BCUT2D eigenvalue weighted by Crippen LogP contribution is -2.37. The molecular formula is C19H25N5O. The fourth-order valence-corrected chi connectivity index (χ4v) is 4.07. The van der Waals surface area contributed by atoms with E-state index in [9.17, 15) is 4.79 Å². The Balaban J connectivity index is 1.54. The summed E-state index contributed by atoms with van der Waals surface area (Å²) in [5, 5.41) is 4.44. The van der Waals surface area contributed by atoms with Gasteiger partial charge in [-0.05, 0) is 50.9 Å². The van der Waals surface area contributed by atoms with E-state index in [0.717, 1.165) is 43.0 Å². The molecule has 132 valence electrons. The van der Waals surface area contributed by atoms with Crippen LogP contribution in [0.3, 0.4) is 0 Å². The van der Waals surface area contributed by atoms with Gasteiger partial charge in [0, 0.05) is 25.3 Å². The molecule has 0 radical (unpaired) electrons. The van der Waals surface area contributed by atoms with Crippen LogP contribution in [0, 0.1) is 0 Å². The fraction of sp³-hybridized carbons (Fsp3) is 0.526. The smallest absolute Gasteiger partial charge is 0.257 e. The average molecular weight is 339 g/mol. The van der Waals surface area contributed by atoms with Crippen molar-refractivity contribution < 1.29 is 4.79 Å². The molecule has 25 heavy (non-hydrogen) atoms. The summed E-state index contributed by atoms with van der Waals surface area (Å²) >= 11 is 0. The van der Waals surface area contributed by atoms with Crippen molar-refractivity contribution in [1.29, 1.82) is 0 Å². The highest BCUT2D eigenvalue weighted by atomic mass is 16.2. The third-order valence-corrected chi connectivity index (χ3v) is 5.41. The standard InChI is InChI=1S/C19H25N5O/c1-2-17-16(13-21-24(17)18-7-3-4-9-20-18)19(25)23-12-8-15(14-23)22-10-5-6-11-22/h3-4,7,9,13,15H,2,5-6,8,10-12,14H2,1H3/t15-/m0/s1. The normalized spacial score (nSPS) is 21.2. The van der Waals surface area contributed by atoms with Crippen LogP contribution in [-0.4, -0.2) is 62.7 Å². The number of nitrogens with zero attached hydrogens (tertiary/aromatic N) is 5. The third-order valence-electron chi connectivity index (χ3n) is 5.41. The number of carbonyl (C=O) groups excluding carboxylic acids is 1. The van der Waals surface area contributed by atoms with Gasteiger partial charge >= 0.3 is 0 Å². The zero-order valence-corrected chi connectivity index (χ0v) is 14.8. The number of amides is 1. The van der Waals surface area contributed by atoms with Crippen molar-refractivity contribution in [2.24, 2.45) is 0 Å². The van der Waals surface area contributed by atoms with Crippen LogP contribution in [0.25, 0.3) is 5.82 Å². The van der Waals surface area contributed by atoms with E-state index in [0.29, 0.717) is 6.04 Å². The van der Waals surface area contributed by atoms with E-state index in [1.54, 1.807) is 17.1 Å². The summed E-state index contributed by atoms with van der Waals surface area (Å²) in [5.74, 6) is 0.871. The van der Waals surface area contributed by atoms with Crippen LogP contribution in [-0.2, 0) is 6.42 Å². The zero-order valence-electron chi connectivity index (χ0n) is 14.8. The van der Waals surface area contributed by atoms with E-state index in [1.807, 2.05) is 23.1 Å². The molecule has 1 atom stereocenters. The topological polar surface area (TPSA) is 54.3 Å². The van der Waals surface area contributed by atoms with Crippen molar-refractivity contribution in [3.05, 3.63) is 41.9 Å². The van der Waals surface area contributed by atoms with Gasteiger partial charge in [0.2, 0.25) is 0 Å². The van der Waals surface area contributed by atoms with Crippen molar-refractivity contribution in [3.8, 4) is 5.82 Å². The van der Waals surface area contributed by atoms with Crippen molar-refractivity contribution in [2.45, 2.75) is 38.6 Å². The van der Waals surface area contributed by atoms with Crippen LogP contribution in [0.2, 0.25) is 0 Å². The average Bonchev–Trinajstić information content (AvgIpc) is 3.41. The Morgan fingerprint density at radius 1 is 1.24 bits per heavy atom. The Labute approximate surface area is 148 Å². The summed E-state index contributed by atoms with van der Waals surface area (Å²) < 4.78 is 1.79. The fourth-order valence-electron chi connectivity index (χ4n) is 4.07.